The van der Waals surface area contributed by atoms with Crippen LogP contribution in [0.4, 0.5) is 0 Å². The Morgan fingerprint density at radius 1 is 0.283 bits per heavy atom. The predicted molar refractivity (Wildman–Crippen MR) is 266 cm³/mol. The number of hydrogen-bond donors (Lipinski definition) is 0. The summed E-state index contributed by atoms with van der Waals surface area (Å²) in [5.41, 5.74) is 20.6. The molecular formula is C51H38B5N3O. The van der Waals surface area contributed by atoms with Gasteiger partial charge in [0, 0.05) is 27.5 Å². The van der Waals surface area contributed by atoms with E-state index in [1.165, 1.54) is 55.1 Å². The van der Waals surface area contributed by atoms with Crippen LogP contribution in [0.1, 0.15) is 0 Å². The van der Waals surface area contributed by atoms with E-state index in [-0.39, 0.29) is 0 Å². The minimum Gasteiger partial charge on any atom is -0.456 e. The maximum atomic E-state index is 6.48. The molecule has 0 bridgehead atoms. The maximum absolute atomic E-state index is 6.48. The highest BCUT2D eigenvalue weighted by molar-refractivity contribution is 6.68. The predicted octanol–water partition coefficient (Wildman–Crippen LogP) is 4.73. The first-order valence-electron chi connectivity index (χ1n) is 20.5. The molecule has 2 aromatic heterocycles. The fraction of sp³-hybridized carbons (Fsp3) is 0. The van der Waals surface area contributed by atoms with Gasteiger partial charge in [0.2, 0.25) is 0 Å². The summed E-state index contributed by atoms with van der Waals surface area (Å²) >= 11 is 0. The van der Waals surface area contributed by atoms with Crippen molar-refractivity contribution >= 4 is 88.5 Å². The molecule has 10 rings (SSSR count). The molecule has 0 amide bonds. The molecule has 0 atom stereocenters. The van der Waals surface area contributed by atoms with Crippen molar-refractivity contribution in [3.8, 4) is 78.7 Å². The molecule has 0 aliphatic rings. The van der Waals surface area contributed by atoms with Crippen LogP contribution in [-0.4, -0.2) is 54.2 Å². The van der Waals surface area contributed by atoms with Gasteiger partial charge in [-0.1, -0.05) is 144 Å². The highest BCUT2D eigenvalue weighted by atomic mass is 16.3. The number of hydrogen-bond acceptors (Lipinski definition) is 4. The molecule has 60 heavy (non-hydrogen) atoms. The molecule has 8 aromatic carbocycles. The van der Waals surface area contributed by atoms with E-state index in [2.05, 4.69) is 161 Å². The number of nitrogens with zero attached hydrogens (tertiary/aromatic N) is 3. The third-order valence-electron chi connectivity index (χ3n) is 12.3. The Balaban J connectivity index is 0.994. The third-order valence-corrected chi connectivity index (χ3v) is 12.3. The Labute approximate surface area is 354 Å². The summed E-state index contributed by atoms with van der Waals surface area (Å²) in [6.07, 6.45) is 0. The number of fused-ring (bicyclic) bond motifs is 3. The molecule has 278 valence electrons. The summed E-state index contributed by atoms with van der Waals surface area (Å²) in [5, 5.41) is 2.06. The number of aromatic nitrogens is 3. The third kappa shape index (κ3) is 6.76. The van der Waals surface area contributed by atoms with Gasteiger partial charge >= 0.3 is 0 Å². The summed E-state index contributed by atoms with van der Waals surface area (Å²) < 4.78 is 6.48. The first kappa shape index (κ1) is 37.2. The zero-order valence-corrected chi connectivity index (χ0v) is 34.4. The summed E-state index contributed by atoms with van der Waals surface area (Å²) in [5.74, 6) is 1.88. The van der Waals surface area contributed by atoms with Crippen LogP contribution in [0.15, 0.2) is 174 Å². The van der Waals surface area contributed by atoms with Crippen LogP contribution in [0.3, 0.4) is 0 Å². The van der Waals surface area contributed by atoms with Gasteiger partial charge in [-0.15, -0.1) is 16.4 Å². The van der Waals surface area contributed by atoms with E-state index >= 15 is 0 Å². The van der Waals surface area contributed by atoms with Crippen molar-refractivity contribution in [3.05, 3.63) is 170 Å². The molecule has 4 nitrogen and oxygen atoms in total. The molecule has 0 radical (unpaired) electrons. The lowest BCUT2D eigenvalue weighted by molar-refractivity contribution is 0.669. The standard InChI is InChI=1S/C51H38B5N3O/c52-44-43(45(53)47(55)48(56)46(44)54)36-12-7-13-37(26-36)50-57-49(34-10-5-2-6-11-34)58-51(59-50)38-23-25-41-40(27-38)39-24-22-35(28-42(39)60-41)33-20-18-32(19-21-33)31-16-14-30(15-17-31)29-8-3-1-4-9-29/h1-28H,52-56H2. The van der Waals surface area contributed by atoms with E-state index in [9.17, 15) is 0 Å². The number of rotatable bonds is 7. The normalized spacial score (nSPS) is 11.3. The summed E-state index contributed by atoms with van der Waals surface area (Å²) in [6, 6.07) is 59.5. The molecule has 0 fully saturated rings. The molecule has 0 N–H and O–H groups in total. The van der Waals surface area contributed by atoms with E-state index in [0.29, 0.717) is 17.5 Å². The van der Waals surface area contributed by atoms with Crippen LogP contribution in [0.2, 0.25) is 0 Å². The van der Waals surface area contributed by atoms with E-state index in [0.717, 1.165) is 55.3 Å². The topological polar surface area (TPSA) is 51.8 Å². The minimum atomic E-state index is 0.612. The van der Waals surface area contributed by atoms with Crippen LogP contribution in [0.25, 0.3) is 101 Å². The number of benzene rings is 8. The molecule has 0 saturated heterocycles. The molecule has 0 aliphatic heterocycles. The Hall–Kier alpha value is -7.11. The van der Waals surface area contributed by atoms with Crippen LogP contribution < -0.4 is 27.3 Å². The van der Waals surface area contributed by atoms with Crippen LogP contribution >= 0.6 is 0 Å². The van der Waals surface area contributed by atoms with Gasteiger partial charge < -0.3 is 4.42 Å². The second-order valence-corrected chi connectivity index (χ2v) is 15.8. The van der Waals surface area contributed by atoms with E-state index in [1.54, 1.807) is 0 Å². The zero-order valence-electron chi connectivity index (χ0n) is 34.4. The highest BCUT2D eigenvalue weighted by Gasteiger charge is 2.18. The molecule has 2 heterocycles. The number of furan rings is 1. The van der Waals surface area contributed by atoms with Crippen molar-refractivity contribution in [2.24, 2.45) is 0 Å². The zero-order chi connectivity index (χ0) is 40.9. The molecule has 0 unspecified atom stereocenters. The van der Waals surface area contributed by atoms with Gasteiger partial charge in [0.05, 0.1) is 0 Å². The van der Waals surface area contributed by atoms with E-state index in [1.807, 2.05) is 48.5 Å². The Morgan fingerprint density at radius 3 is 1.28 bits per heavy atom. The average molecular weight is 763 g/mol. The van der Waals surface area contributed by atoms with Crippen molar-refractivity contribution in [3.63, 3.8) is 0 Å². The summed E-state index contributed by atoms with van der Waals surface area (Å²) in [6.45, 7) is 0. The molecule has 10 aromatic rings. The van der Waals surface area contributed by atoms with Crippen molar-refractivity contribution in [1.29, 1.82) is 0 Å². The second-order valence-electron chi connectivity index (χ2n) is 15.8. The van der Waals surface area contributed by atoms with Gasteiger partial charge in [-0.2, -0.15) is 0 Å². The van der Waals surface area contributed by atoms with Gasteiger partial charge in [0.1, 0.15) is 50.4 Å². The minimum absolute atomic E-state index is 0.612. The van der Waals surface area contributed by atoms with Crippen LogP contribution in [0, 0.1) is 0 Å². The fourth-order valence-corrected chi connectivity index (χ4v) is 8.53. The van der Waals surface area contributed by atoms with Gasteiger partial charge in [-0.3, -0.25) is 0 Å². The first-order chi connectivity index (χ1) is 29.3. The van der Waals surface area contributed by atoms with Gasteiger partial charge in [0.25, 0.3) is 0 Å². The quantitative estimate of drug-likeness (QED) is 0.221. The van der Waals surface area contributed by atoms with Crippen molar-refractivity contribution in [1.82, 2.24) is 15.0 Å². The Morgan fingerprint density at radius 2 is 0.700 bits per heavy atom. The maximum Gasteiger partial charge on any atom is 0.164 e. The lowest BCUT2D eigenvalue weighted by Gasteiger charge is -2.20. The largest absolute Gasteiger partial charge is 0.456 e. The van der Waals surface area contributed by atoms with Crippen LogP contribution in [-0.2, 0) is 0 Å². The highest BCUT2D eigenvalue weighted by Crippen LogP contribution is 2.36. The monoisotopic (exact) mass is 763 g/mol. The van der Waals surface area contributed by atoms with E-state index in [4.69, 9.17) is 19.4 Å². The molecule has 9 heteroatoms. The fourth-order valence-electron chi connectivity index (χ4n) is 8.53. The lowest BCUT2D eigenvalue weighted by atomic mass is 9.59. The molecule has 0 spiro atoms. The van der Waals surface area contributed by atoms with Gasteiger partial charge in [-0.05, 0) is 80.9 Å². The SMILES string of the molecule is Bc1c(B)c(B)c(-c2cccc(-c3nc(-c4ccccc4)nc(-c4ccc5oc6cc(-c7ccc(-c8ccc(-c9ccccc9)cc8)cc7)ccc6c5c4)n3)c2)c(B)c1B. The molecular weight excluding hydrogens is 725 g/mol. The van der Waals surface area contributed by atoms with Crippen molar-refractivity contribution in [2.75, 3.05) is 0 Å². The van der Waals surface area contributed by atoms with Crippen molar-refractivity contribution in [2.45, 2.75) is 0 Å². The first-order valence-corrected chi connectivity index (χ1v) is 20.5. The average Bonchev–Trinajstić information content (AvgIpc) is 3.68. The Bertz CT molecular complexity index is 3210. The van der Waals surface area contributed by atoms with Gasteiger partial charge in [0.15, 0.2) is 17.5 Å². The summed E-state index contributed by atoms with van der Waals surface area (Å²) in [4.78, 5) is 15.3. The molecule has 0 saturated carbocycles. The molecule has 0 aliphatic carbocycles. The van der Waals surface area contributed by atoms with Crippen molar-refractivity contribution < 1.29 is 4.42 Å². The second kappa shape index (κ2) is 15.2. The van der Waals surface area contributed by atoms with Gasteiger partial charge in [-0.25, -0.2) is 15.0 Å². The smallest absolute Gasteiger partial charge is 0.164 e. The van der Waals surface area contributed by atoms with E-state index < -0.39 is 0 Å². The summed E-state index contributed by atoms with van der Waals surface area (Å²) in [7, 11) is 11.1. The lowest BCUT2D eigenvalue weighted by Crippen LogP contribution is -2.55. The Kier molecular flexibility index (Phi) is 9.45. The van der Waals surface area contributed by atoms with Crippen LogP contribution in [0.5, 0.6) is 0 Å².